The van der Waals surface area contributed by atoms with Gasteiger partial charge in [0.05, 0.1) is 16.8 Å². The largest absolute Gasteiger partial charge is 0.573 e. The number of alkyl halides is 3. The number of benzene rings is 1. The van der Waals surface area contributed by atoms with Crippen LogP contribution in [0.25, 0.3) is 0 Å². The number of rotatable bonds is 7. The maximum absolute atomic E-state index is 12.7. The first kappa shape index (κ1) is 22.6. The highest BCUT2D eigenvalue weighted by atomic mass is 19.4. The molecule has 28 heavy (non-hydrogen) atoms. The van der Waals surface area contributed by atoms with Gasteiger partial charge in [-0.15, -0.1) is 13.2 Å². The molecule has 156 valence electrons. The van der Waals surface area contributed by atoms with Crippen LogP contribution in [-0.4, -0.2) is 37.1 Å². The predicted molar refractivity (Wildman–Crippen MR) is 101 cm³/mol. The van der Waals surface area contributed by atoms with Crippen molar-refractivity contribution in [3.05, 3.63) is 23.8 Å². The van der Waals surface area contributed by atoms with Gasteiger partial charge in [-0.3, -0.25) is 4.79 Å². The van der Waals surface area contributed by atoms with E-state index in [1.54, 1.807) is 0 Å². The van der Waals surface area contributed by atoms with Crippen LogP contribution in [0.3, 0.4) is 0 Å². The minimum atomic E-state index is -4.90. The van der Waals surface area contributed by atoms with Crippen molar-refractivity contribution in [1.29, 1.82) is 0 Å². The Kier molecular flexibility index (Phi) is 6.71. The van der Waals surface area contributed by atoms with Crippen LogP contribution in [0.1, 0.15) is 64.2 Å². The lowest BCUT2D eigenvalue weighted by molar-refractivity contribution is -0.274. The molecule has 0 bridgehead atoms. The van der Waals surface area contributed by atoms with Crippen molar-refractivity contribution in [1.82, 2.24) is 5.32 Å². The Balaban J connectivity index is 2.29. The Morgan fingerprint density at radius 1 is 1.14 bits per heavy atom. The summed E-state index contributed by atoms with van der Waals surface area (Å²) in [5, 5.41) is 2.64. The molecule has 1 saturated heterocycles. The van der Waals surface area contributed by atoms with Crippen molar-refractivity contribution in [3.63, 3.8) is 0 Å². The molecule has 0 atom stereocenters. The molecule has 0 unspecified atom stereocenters. The molecule has 2 rings (SSSR count). The van der Waals surface area contributed by atoms with Gasteiger partial charge in [0.25, 0.3) is 5.91 Å². The highest BCUT2D eigenvalue weighted by Crippen LogP contribution is 2.37. The van der Waals surface area contributed by atoms with Crippen molar-refractivity contribution < 1.29 is 32.0 Å². The first-order valence-electron chi connectivity index (χ1n) is 9.40. The second-order valence-corrected chi connectivity index (χ2v) is 7.85. The molecule has 9 heteroatoms. The van der Waals surface area contributed by atoms with Crippen LogP contribution in [0.2, 0.25) is 0 Å². The maximum Gasteiger partial charge on any atom is 0.573 e. The highest BCUT2D eigenvalue weighted by molar-refractivity contribution is 6.62. The molecule has 0 radical (unpaired) electrons. The number of carbonyl (C=O) groups excluding carboxylic acids is 1. The van der Waals surface area contributed by atoms with Crippen LogP contribution in [0.4, 0.5) is 13.2 Å². The zero-order chi connectivity index (χ0) is 21.2. The number of carbonyl (C=O) groups is 1. The van der Waals surface area contributed by atoms with Gasteiger partial charge >= 0.3 is 13.5 Å². The standard InChI is InChI=1S/C19H27BF3NO4/c1-6-7-8-11-24-16(25)14-12-13(9-10-15(14)26-19(21,22)23)20-27-17(2,3)18(4,5)28-20/h9-10,12H,6-8,11H2,1-5H3,(H,24,25). The SMILES string of the molecule is CCCCCNC(=O)c1cc(B2OC(C)(C)C(C)(C)O2)ccc1OC(F)(F)F. The Bertz CT molecular complexity index is 691. The lowest BCUT2D eigenvalue weighted by atomic mass is 9.78. The summed E-state index contributed by atoms with van der Waals surface area (Å²) in [6, 6.07) is 3.87. The Morgan fingerprint density at radius 3 is 2.29 bits per heavy atom. The maximum atomic E-state index is 12.7. The average molecular weight is 401 g/mol. The van der Waals surface area contributed by atoms with Gasteiger partial charge in [-0.25, -0.2) is 0 Å². The normalized spacial score (nSPS) is 18.2. The minimum absolute atomic E-state index is 0.207. The number of hydrogen-bond donors (Lipinski definition) is 1. The van der Waals surface area contributed by atoms with Gasteiger partial charge in [0, 0.05) is 6.54 Å². The number of hydrogen-bond acceptors (Lipinski definition) is 4. The Morgan fingerprint density at radius 2 is 1.75 bits per heavy atom. The Hall–Kier alpha value is -1.74. The van der Waals surface area contributed by atoms with Crippen molar-refractivity contribution in [2.75, 3.05) is 6.54 Å². The molecule has 1 amide bonds. The molecule has 5 nitrogen and oxygen atoms in total. The van der Waals surface area contributed by atoms with E-state index in [0.29, 0.717) is 12.0 Å². The summed E-state index contributed by atoms with van der Waals surface area (Å²) >= 11 is 0. The molecule has 0 saturated carbocycles. The third kappa shape index (κ3) is 5.41. The molecule has 1 N–H and O–H groups in total. The average Bonchev–Trinajstić information content (AvgIpc) is 2.78. The molecule has 1 heterocycles. The molecular formula is C19H27BF3NO4. The smallest absolute Gasteiger partial charge is 0.405 e. The predicted octanol–water partition coefficient (Wildman–Crippen LogP) is 3.80. The van der Waals surface area contributed by atoms with Gasteiger partial charge in [-0.1, -0.05) is 25.8 Å². The summed E-state index contributed by atoms with van der Waals surface area (Å²) in [6.45, 7) is 9.87. The van der Waals surface area contributed by atoms with Crippen LogP contribution in [0, 0.1) is 0 Å². The van der Waals surface area contributed by atoms with Crippen molar-refractivity contribution in [2.24, 2.45) is 0 Å². The second kappa shape index (κ2) is 8.33. The molecule has 1 aliphatic heterocycles. The fourth-order valence-electron chi connectivity index (χ4n) is 2.74. The molecular weight excluding hydrogens is 374 g/mol. The van der Waals surface area contributed by atoms with E-state index in [9.17, 15) is 18.0 Å². The summed E-state index contributed by atoms with van der Waals surface area (Å²) in [5.74, 6) is -1.19. The van der Waals surface area contributed by atoms with E-state index >= 15 is 0 Å². The molecule has 1 aromatic carbocycles. The highest BCUT2D eigenvalue weighted by Gasteiger charge is 2.52. The lowest BCUT2D eigenvalue weighted by Gasteiger charge is -2.32. The van der Waals surface area contributed by atoms with Crippen LogP contribution in [-0.2, 0) is 9.31 Å². The van der Waals surface area contributed by atoms with E-state index in [2.05, 4.69) is 10.1 Å². The molecule has 1 fully saturated rings. The number of nitrogens with one attached hydrogen (secondary N) is 1. The molecule has 0 spiro atoms. The number of ether oxygens (including phenoxy) is 1. The number of unbranched alkanes of at least 4 members (excludes halogenated alkanes) is 2. The first-order valence-corrected chi connectivity index (χ1v) is 9.40. The van der Waals surface area contributed by atoms with Crippen molar-refractivity contribution in [3.8, 4) is 5.75 Å². The zero-order valence-corrected chi connectivity index (χ0v) is 16.9. The van der Waals surface area contributed by atoms with E-state index < -0.39 is 36.3 Å². The van der Waals surface area contributed by atoms with Gasteiger partial charge in [-0.05, 0) is 51.7 Å². The van der Waals surface area contributed by atoms with Gasteiger partial charge in [0.2, 0.25) is 0 Å². The molecule has 0 aliphatic carbocycles. The van der Waals surface area contributed by atoms with E-state index in [1.165, 1.54) is 12.1 Å². The van der Waals surface area contributed by atoms with Crippen LogP contribution >= 0.6 is 0 Å². The van der Waals surface area contributed by atoms with Gasteiger partial charge in [-0.2, -0.15) is 0 Å². The van der Waals surface area contributed by atoms with Crippen LogP contribution < -0.4 is 15.5 Å². The fourth-order valence-corrected chi connectivity index (χ4v) is 2.74. The third-order valence-corrected chi connectivity index (χ3v) is 5.07. The summed E-state index contributed by atoms with van der Waals surface area (Å²) in [5.41, 5.74) is -0.976. The fraction of sp³-hybridized carbons (Fsp3) is 0.632. The number of halogens is 3. The topological polar surface area (TPSA) is 56.8 Å². The number of amides is 1. The lowest BCUT2D eigenvalue weighted by Crippen LogP contribution is -2.41. The zero-order valence-electron chi connectivity index (χ0n) is 16.9. The molecule has 1 aromatic rings. The molecule has 0 aromatic heterocycles. The van der Waals surface area contributed by atoms with E-state index in [0.717, 1.165) is 25.3 Å². The van der Waals surface area contributed by atoms with Gasteiger partial charge in [0.1, 0.15) is 5.75 Å². The quantitative estimate of drug-likeness (QED) is 0.558. The molecule has 1 aliphatic rings. The van der Waals surface area contributed by atoms with Gasteiger partial charge < -0.3 is 19.4 Å². The summed E-state index contributed by atoms with van der Waals surface area (Å²) < 4.78 is 54.1. The first-order chi connectivity index (χ1) is 12.9. The van der Waals surface area contributed by atoms with Crippen LogP contribution in [0.5, 0.6) is 5.75 Å². The van der Waals surface area contributed by atoms with Crippen molar-refractivity contribution >= 4 is 18.5 Å². The Labute approximate surface area is 164 Å². The van der Waals surface area contributed by atoms with Crippen LogP contribution in [0.15, 0.2) is 18.2 Å². The van der Waals surface area contributed by atoms with E-state index in [4.69, 9.17) is 9.31 Å². The van der Waals surface area contributed by atoms with Gasteiger partial charge in [0.15, 0.2) is 0 Å². The van der Waals surface area contributed by atoms with Crippen molar-refractivity contribution in [2.45, 2.75) is 71.4 Å². The minimum Gasteiger partial charge on any atom is -0.405 e. The summed E-state index contributed by atoms with van der Waals surface area (Å²) in [6.07, 6.45) is -2.27. The summed E-state index contributed by atoms with van der Waals surface area (Å²) in [7, 11) is -0.795. The summed E-state index contributed by atoms with van der Waals surface area (Å²) in [4.78, 5) is 12.5. The second-order valence-electron chi connectivity index (χ2n) is 7.85. The third-order valence-electron chi connectivity index (χ3n) is 5.07. The van der Waals surface area contributed by atoms with E-state index in [1.807, 2.05) is 34.6 Å². The monoisotopic (exact) mass is 401 g/mol. The van der Waals surface area contributed by atoms with E-state index in [-0.39, 0.29) is 5.56 Å².